The van der Waals surface area contributed by atoms with E-state index in [0.29, 0.717) is 11.9 Å². The second-order valence-electron chi connectivity index (χ2n) is 6.83. The highest BCUT2D eigenvalue weighted by molar-refractivity contribution is 5.83. The van der Waals surface area contributed by atoms with Crippen LogP contribution in [0, 0.1) is 0 Å². The first-order valence-electron chi connectivity index (χ1n) is 8.32. The van der Waals surface area contributed by atoms with Crippen molar-refractivity contribution in [3.63, 3.8) is 0 Å². The molecule has 0 unspecified atom stereocenters. The van der Waals surface area contributed by atoms with Gasteiger partial charge in [0.05, 0.1) is 6.04 Å². The van der Waals surface area contributed by atoms with Gasteiger partial charge in [0.15, 0.2) is 0 Å². The monoisotopic (exact) mass is 290 g/mol. The number of amides is 1. The van der Waals surface area contributed by atoms with Crippen molar-refractivity contribution in [2.45, 2.75) is 65.5 Å². The van der Waals surface area contributed by atoms with Gasteiger partial charge in [0.25, 0.3) is 0 Å². The lowest BCUT2D eigenvalue weighted by molar-refractivity contribution is -0.142. The third-order valence-electron chi connectivity index (χ3n) is 4.78. The summed E-state index contributed by atoms with van der Waals surface area (Å²) in [6.45, 7) is 11.5. The van der Waals surface area contributed by atoms with Crippen molar-refractivity contribution in [3.05, 3.63) is 23.3 Å². The smallest absolute Gasteiger partial charge is 0.239 e. The van der Waals surface area contributed by atoms with Gasteiger partial charge in [-0.15, -0.1) is 0 Å². The molecule has 2 heterocycles. The van der Waals surface area contributed by atoms with Crippen LogP contribution >= 0.6 is 0 Å². The number of piperazine rings is 1. The summed E-state index contributed by atoms with van der Waals surface area (Å²) >= 11 is 0. The maximum absolute atomic E-state index is 12.4. The van der Waals surface area contributed by atoms with Crippen LogP contribution in [0.25, 0.3) is 0 Å². The molecule has 2 saturated heterocycles. The molecule has 0 N–H and O–H groups in total. The quantitative estimate of drug-likeness (QED) is 0.725. The van der Waals surface area contributed by atoms with Gasteiger partial charge in [-0.1, -0.05) is 23.3 Å². The molecule has 2 rings (SSSR count). The Kier molecular flexibility index (Phi) is 5.63. The van der Waals surface area contributed by atoms with E-state index >= 15 is 0 Å². The number of hydrogen-bond donors (Lipinski definition) is 0. The lowest BCUT2D eigenvalue weighted by Gasteiger charge is -2.41. The average molecular weight is 290 g/mol. The molecule has 0 aliphatic carbocycles. The Morgan fingerprint density at radius 3 is 2.76 bits per heavy atom. The van der Waals surface area contributed by atoms with E-state index < -0.39 is 0 Å². The number of nitrogens with zero attached hydrogens (tertiary/aromatic N) is 2. The van der Waals surface area contributed by atoms with Crippen molar-refractivity contribution >= 4 is 5.91 Å². The van der Waals surface area contributed by atoms with E-state index in [4.69, 9.17) is 0 Å². The molecule has 3 heteroatoms. The largest absolute Gasteiger partial charge is 0.337 e. The van der Waals surface area contributed by atoms with Crippen LogP contribution in [0.15, 0.2) is 23.3 Å². The molecule has 0 bridgehead atoms. The summed E-state index contributed by atoms with van der Waals surface area (Å²) in [5.41, 5.74) is 2.82. The van der Waals surface area contributed by atoms with E-state index in [1.165, 1.54) is 24.0 Å². The SMILES string of the molecule is CC(C)=CCC/C(C)=C/CN1C[C@H]2CCCN2C(=O)[C@@H]1C. The van der Waals surface area contributed by atoms with Crippen LogP contribution in [0.4, 0.5) is 0 Å². The molecule has 3 nitrogen and oxygen atoms in total. The molecule has 2 atom stereocenters. The Hall–Kier alpha value is -1.09. The molecule has 0 spiro atoms. The molecule has 0 saturated carbocycles. The Balaban J connectivity index is 1.87. The molecule has 0 radical (unpaired) electrons. The fraction of sp³-hybridized carbons (Fsp3) is 0.722. The fourth-order valence-corrected chi connectivity index (χ4v) is 3.34. The summed E-state index contributed by atoms with van der Waals surface area (Å²) in [5, 5.41) is 0. The van der Waals surface area contributed by atoms with Crippen LogP contribution < -0.4 is 0 Å². The normalized spacial score (nSPS) is 27.0. The molecule has 21 heavy (non-hydrogen) atoms. The summed E-state index contributed by atoms with van der Waals surface area (Å²) in [4.78, 5) is 16.8. The molecule has 0 aromatic carbocycles. The average Bonchev–Trinajstić information content (AvgIpc) is 2.89. The van der Waals surface area contributed by atoms with Crippen LogP contribution in [0.3, 0.4) is 0 Å². The maximum atomic E-state index is 12.4. The van der Waals surface area contributed by atoms with E-state index in [-0.39, 0.29) is 6.04 Å². The minimum atomic E-state index is 0.0428. The van der Waals surface area contributed by atoms with Gasteiger partial charge in [0, 0.05) is 25.7 Å². The second kappa shape index (κ2) is 7.26. The van der Waals surface area contributed by atoms with Crippen LogP contribution in [0.5, 0.6) is 0 Å². The van der Waals surface area contributed by atoms with E-state index in [0.717, 1.165) is 32.5 Å². The van der Waals surface area contributed by atoms with Crippen molar-refractivity contribution in [2.75, 3.05) is 19.6 Å². The zero-order chi connectivity index (χ0) is 15.4. The minimum absolute atomic E-state index is 0.0428. The van der Waals surface area contributed by atoms with Gasteiger partial charge in [-0.25, -0.2) is 0 Å². The van der Waals surface area contributed by atoms with Gasteiger partial charge >= 0.3 is 0 Å². The third kappa shape index (κ3) is 4.19. The van der Waals surface area contributed by atoms with Crippen LogP contribution in [0.1, 0.15) is 53.4 Å². The summed E-state index contributed by atoms with van der Waals surface area (Å²) in [6.07, 6.45) is 9.20. The molecule has 2 aliphatic rings. The van der Waals surface area contributed by atoms with Gasteiger partial charge in [-0.3, -0.25) is 9.69 Å². The number of carbonyl (C=O) groups is 1. The van der Waals surface area contributed by atoms with E-state index in [1.807, 2.05) is 0 Å². The number of allylic oxidation sites excluding steroid dienone is 3. The molecular weight excluding hydrogens is 260 g/mol. The predicted octanol–water partition coefficient (Wildman–Crippen LogP) is 3.37. The molecule has 2 fully saturated rings. The van der Waals surface area contributed by atoms with E-state index in [9.17, 15) is 4.79 Å². The number of fused-ring (bicyclic) bond motifs is 1. The molecule has 118 valence electrons. The molecule has 1 amide bonds. The van der Waals surface area contributed by atoms with Crippen molar-refractivity contribution < 1.29 is 4.79 Å². The topological polar surface area (TPSA) is 23.6 Å². The summed E-state index contributed by atoms with van der Waals surface area (Å²) in [5.74, 6) is 0.333. The Morgan fingerprint density at radius 1 is 1.29 bits per heavy atom. The maximum Gasteiger partial charge on any atom is 0.239 e. The van der Waals surface area contributed by atoms with Crippen molar-refractivity contribution in [3.8, 4) is 0 Å². The Morgan fingerprint density at radius 2 is 2.05 bits per heavy atom. The van der Waals surface area contributed by atoms with Gasteiger partial charge in [-0.05, 0) is 53.4 Å². The van der Waals surface area contributed by atoms with Crippen LogP contribution in [0.2, 0.25) is 0 Å². The van der Waals surface area contributed by atoms with Gasteiger partial charge in [-0.2, -0.15) is 0 Å². The van der Waals surface area contributed by atoms with Gasteiger partial charge in [0.2, 0.25) is 5.91 Å². The zero-order valence-electron chi connectivity index (χ0n) is 14.1. The van der Waals surface area contributed by atoms with Crippen molar-refractivity contribution in [1.82, 2.24) is 9.80 Å². The first-order chi connectivity index (χ1) is 9.99. The zero-order valence-corrected chi connectivity index (χ0v) is 14.1. The molecule has 0 aromatic rings. The standard InChI is InChI=1S/C18H30N2O/c1-14(2)7-5-8-15(3)10-12-19-13-17-9-6-11-20(17)18(21)16(19)4/h7,10,16-17H,5-6,8-9,11-13H2,1-4H3/b15-10+/t16-,17+/m0/s1. The minimum Gasteiger partial charge on any atom is -0.337 e. The number of carbonyl (C=O) groups excluding carboxylic acids is 1. The van der Waals surface area contributed by atoms with Crippen molar-refractivity contribution in [1.29, 1.82) is 0 Å². The summed E-state index contributed by atoms with van der Waals surface area (Å²) in [6, 6.07) is 0.509. The first kappa shape index (κ1) is 16.3. The van der Waals surface area contributed by atoms with Gasteiger partial charge < -0.3 is 4.90 Å². The van der Waals surface area contributed by atoms with E-state index in [1.54, 1.807) is 0 Å². The molecule has 0 aromatic heterocycles. The Labute approximate surface area is 129 Å². The van der Waals surface area contributed by atoms with Gasteiger partial charge in [0.1, 0.15) is 0 Å². The highest BCUT2D eigenvalue weighted by atomic mass is 16.2. The van der Waals surface area contributed by atoms with Crippen LogP contribution in [-0.2, 0) is 4.79 Å². The lowest BCUT2D eigenvalue weighted by atomic mass is 10.1. The second-order valence-corrected chi connectivity index (χ2v) is 6.83. The fourth-order valence-electron chi connectivity index (χ4n) is 3.34. The number of rotatable bonds is 5. The third-order valence-corrected chi connectivity index (χ3v) is 4.78. The first-order valence-corrected chi connectivity index (χ1v) is 8.32. The lowest BCUT2D eigenvalue weighted by Crippen LogP contribution is -2.58. The van der Waals surface area contributed by atoms with Crippen LogP contribution in [-0.4, -0.2) is 47.4 Å². The van der Waals surface area contributed by atoms with E-state index in [2.05, 4.69) is 49.6 Å². The predicted molar refractivity (Wildman–Crippen MR) is 88.2 cm³/mol. The summed E-state index contributed by atoms with van der Waals surface area (Å²) < 4.78 is 0. The molecular formula is C18H30N2O. The Bertz CT molecular complexity index is 434. The van der Waals surface area contributed by atoms with Crippen molar-refractivity contribution in [2.24, 2.45) is 0 Å². The highest BCUT2D eigenvalue weighted by Gasteiger charge is 2.39. The summed E-state index contributed by atoms with van der Waals surface area (Å²) in [7, 11) is 0. The highest BCUT2D eigenvalue weighted by Crippen LogP contribution is 2.25. The molecule has 2 aliphatic heterocycles. The number of hydrogen-bond acceptors (Lipinski definition) is 2.